The average molecular weight is 422 g/mol. The lowest BCUT2D eigenvalue weighted by Gasteiger charge is -2.36. The summed E-state index contributed by atoms with van der Waals surface area (Å²) in [5, 5.41) is 3.00. The van der Waals surface area contributed by atoms with Gasteiger partial charge in [0.15, 0.2) is 0 Å². The van der Waals surface area contributed by atoms with Crippen LogP contribution in [0.4, 0.5) is 10.1 Å². The molecule has 1 saturated heterocycles. The van der Waals surface area contributed by atoms with Crippen molar-refractivity contribution in [2.24, 2.45) is 0 Å². The van der Waals surface area contributed by atoms with Crippen LogP contribution >= 0.6 is 0 Å². The summed E-state index contributed by atoms with van der Waals surface area (Å²) < 4.78 is 15.9. The maximum absolute atomic E-state index is 13.9. The van der Waals surface area contributed by atoms with Crippen LogP contribution in [0.15, 0.2) is 67.1 Å². The molecule has 2 aromatic carbocycles. The number of carbonyl (C=O) groups is 1. The molecule has 0 aliphatic carbocycles. The molecule has 7 heteroatoms. The van der Waals surface area contributed by atoms with E-state index in [2.05, 4.69) is 20.1 Å². The molecule has 4 rings (SSSR count). The lowest BCUT2D eigenvalue weighted by Crippen LogP contribution is -2.48. The van der Waals surface area contributed by atoms with Crippen LogP contribution in [-0.4, -0.2) is 59.6 Å². The van der Waals surface area contributed by atoms with E-state index < -0.39 is 0 Å². The van der Waals surface area contributed by atoms with Gasteiger partial charge in [-0.2, -0.15) is 0 Å². The first kappa shape index (κ1) is 21.1. The van der Waals surface area contributed by atoms with E-state index in [1.165, 1.54) is 6.07 Å². The summed E-state index contributed by atoms with van der Waals surface area (Å²) in [6.45, 7) is 5.34. The van der Waals surface area contributed by atoms with Crippen LogP contribution in [-0.2, 0) is 11.3 Å². The second-order valence-electron chi connectivity index (χ2n) is 7.74. The molecule has 0 saturated carbocycles. The Morgan fingerprint density at radius 1 is 0.968 bits per heavy atom. The van der Waals surface area contributed by atoms with Gasteiger partial charge in [-0.15, -0.1) is 0 Å². The van der Waals surface area contributed by atoms with E-state index in [1.807, 2.05) is 53.2 Å². The number of benzene rings is 2. The fourth-order valence-corrected chi connectivity index (χ4v) is 3.83. The van der Waals surface area contributed by atoms with Crippen LogP contribution in [0.5, 0.6) is 0 Å². The Morgan fingerprint density at radius 2 is 1.71 bits per heavy atom. The van der Waals surface area contributed by atoms with E-state index in [-0.39, 0.29) is 11.7 Å². The number of hydrogen-bond donors (Lipinski definition) is 1. The Bertz CT molecular complexity index is 982. The molecular formula is C24H28FN5O. The molecule has 1 aliphatic rings. The minimum Gasteiger partial charge on any atom is -0.367 e. The molecule has 0 unspecified atom stereocenters. The van der Waals surface area contributed by atoms with Crippen molar-refractivity contribution in [2.45, 2.75) is 13.0 Å². The van der Waals surface area contributed by atoms with E-state index in [9.17, 15) is 9.18 Å². The maximum atomic E-state index is 13.9. The second-order valence-corrected chi connectivity index (χ2v) is 7.74. The van der Waals surface area contributed by atoms with E-state index in [4.69, 9.17) is 0 Å². The molecule has 0 spiro atoms. The van der Waals surface area contributed by atoms with E-state index in [0.29, 0.717) is 25.2 Å². The lowest BCUT2D eigenvalue weighted by atomic mass is 10.2. The number of carbonyl (C=O) groups excluding carboxylic acids is 1. The summed E-state index contributed by atoms with van der Waals surface area (Å²) in [6, 6.07) is 16.9. The van der Waals surface area contributed by atoms with Gasteiger partial charge in [-0.3, -0.25) is 9.69 Å². The number of amides is 1. The Balaban J connectivity index is 1.14. The Morgan fingerprint density at radius 3 is 2.48 bits per heavy atom. The first-order valence-corrected chi connectivity index (χ1v) is 10.7. The van der Waals surface area contributed by atoms with Crippen molar-refractivity contribution >= 4 is 11.6 Å². The molecule has 1 amide bonds. The zero-order valence-corrected chi connectivity index (χ0v) is 17.6. The highest BCUT2D eigenvalue weighted by Crippen LogP contribution is 2.20. The van der Waals surface area contributed by atoms with Crippen molar-refractivity contribution in [3.05, 3.63) is 72.9 Å². The summed E-state index contributed by atoms with van der Waals surface area (Å²) in [5.74, 6) is -0.128. The molecule has 6 nitrogen and oxygen atoms in total. The number of rotatable bonds is 8. The van der Waals surface area contributed by atoms with Crippen LogP contribution in [0.2, 0.25) is 0 Å². The van der Waals surface area contributed by atoms with Crippen LogP contribution < -0.4 is 10.2 Å². The van der Waals surface area contributed by atoms with Crippen LogP contribution in [0.1, 0.15) is 6.42 Å². The van der Waals surface area contributed by atoms with Crippen molar-refractivity contribution in [1.29, 1.82) is 0 Å². The predicted molar refractivity (Wildman–Crippen MR) is 120 cm³/mol. The molecule has 1 aromatic heterocycles. The van der Waals surface area contributed by atoms with Crippen LogP contribution in [0, 0.1) is 5.82 Å². The summed E-state index contributed by atoms with van der Waals surface area (Å²) in [5.41, 5.74) is 2.65. The molecule has 162 valence electrons. The van der Waals surface area contributed by atoms with E-state index in [1.54, 1.807) is 12.4 Å². The van der Waals surface area contributed by atoms with Gasteiger partial charge in [0, 0.05) is 64.0 Å². The lowest BCUT2D eigenvalue weighted by molar-refractivity contribution is -0.121. The third-order valence-electron chi connectivity index (χ3n) is 5.62. The number of nitrogens with one attached hydrogen (secondary N) is 1. The fraction of sp³-hybridized carbons (Fsp3) is 0.333. The zero-order valence-electron chi connectivity index (χ0n) is 17.6. The molecular weight excluding hydrogens is 393 g/mol. The third kappa shape index (κ3) is 5.70. The highest BCUT2D eigenvalue weighted by atomic mass is 19.1. The Hall–Kier alpha value is -3.19. The number of halogens is 1. The maximum Gasteiger partial charge on any atom is 0.221 e. The van der Waals surface area contributed by atoms with Gasteiger partial charge >= 0.3 is 0 Å². The van der Waals surface area contributed by atoms with Crippen molar-refractivity contribution in [3.8, 4) is 11.3 Å². The molecule has 0 bridgehead atoms. The smallest absolute Gasteiger partial charge is 0.221 e. The van der Waals surface area contributed by atoms with Gasteiger partial charge in [-0.1, -0.05) is 42.5 Å². The first-order valence-electron chi connectivity index (χ1n) is 10.7. The van der Waals surface area contributed by atoms with Gasteiger partial charge in [0.25, 0.3) is 0 Å². The van der Waals surface area contributed by atoms with Crippen molar-refractivity contribution in [3.63, 3.8) is 0 Å². The summed E-state index contributed by atoms with van der Waals surface area (Å²) in [6.07, 6.45) is 4.16. The molecule has 2 heterocycles. The van der Waals surface area contributed by atoms with E-state index >= 15 is 0 Å². The molecule has 0 atom stereocenters. The largest absolute Gasteiger partial charge is 0.367 e. The topological polar surface area (TPSA) is 53.4 Å². The second kappa shape index (κ2) is 10.2. The summed E-state index contributed by atoms with van der Waals surface area (Å²) in [4.78, 5) is 21.0. The van der Waals surface area contributed by atoms with Crippen molar-refractivity contribution in [2.75, 3.05) is 44.2 Å². The quantitative estimate of drug-likeness (QED) is 0.608. The van der Waals surface area contributed by atoms with Crippen molar-refractivity contribution in [1.82, 2.24) is 19.8 Å². The zero-order chi connectivity index (χ0) is 21.5. The molecule has 0 radical (unpaired) electrons. The van der Waals surface area contributed by atoms with Crippen LogP contribution in [0.25, 0.3) is 11.3 Å². The monoisotopic (exact) mass is 421 g/mol. The Kier molecular flexibility index (Phi) is 6.94. The number of aromatic nitrogens is 2. The number of hydrogen-bond acceptors (Lipinski definition) is 4. The highest BCUT2D eigenvalue weighted by Gasteiger charge is 2.19. The van der Waals surface area contributed by atoms with Gasteiger partial charge in [-0.05, 0) is 12.1 Å². The SMILES string of the molecule is O=C(CCn1cnc(-c2ccccc2)c1)NCCN1CCN(c2ccccc2F)CC1. The van der Waals surface area contributed by atoms with Gasteiger partial charge in [0.2, 0.25) is 5.91 Å². The number of para-hydroxylation sites is 1. The van der Waals surface area contributed by atoms with Gasteiger partial charge < -0.3 is 14.8 Å². The molecule has 31 heavy (non-hydrogen) atoms. The minimum atomic E-state index is -0.169. The standard InChI is InChI=1S/C24H28FN5O/c25-21-8-4-5-9-23(21)30-16-14-28(15-17-30)13-11-26-24(31)10-12-29-18-22(27-19-29)20-6-2-1-3-7-20/h1-9,18-19H,10-17H2,(H,26,31). The number of piperazine rings is 1. The van der Waals surface area contributed by atoms with Gasteiger partial charge in [0.1, 0.15) is 5.82 Å². The highest BCUT2D eigenvalue weighted by molar-refractivity contribution is 5.75. The van der Waals surface area contributed by atoms with Gasteiger partial charge in [0.05, 0.1) is 17.7 Å². The number of imidazole rings is 1. The normalized spacial score (nSPS) is 14.5. The van der Waals surface area contributed by atoms with Gasteiger partial charge in [-0.25, -0.2) is 9.37 Å². The fourth-order valence-electron chi connectivity index (χ4n) is 3.83. The summed E-state index contributed by atoms with van der Waals surface area (Å²) >= 11 is 0. The Labute approximate surface area is 182 Å². The predicted octanol–water partition coefficient (Wildman–Crippen LogP) is 3.02. The van der Waals surface area contributed by atoms with Crippen LogP contribution in [0.3, 0.4) is 0 Å². The van der Waals surface area contributed by atoms with E-state index in [0.717, 1.165) is 44.0 Å². The number of nitrogens with zero attached hydrogens (tertiary/aromatic N) is 4. The molecule has 1 N–H and O–H groups in total. The van der Waals surface area contributed by atoms with Crippen molar-refractivity contribution < 1.29 is 9.18 Å². The minimum absolute atomic E-state index is 0.0416. The molecule has 1 fully saturated rings. The summed E-state index contributed by atoms with van der Waals surface area (Å²) in [7, 11) is 0. The molecule has 3 aromatic rings. The average Bonchev–Trinajstić information content (AvgIpc) is 3.28. The first-order chi connectivity index (χ1) is 15.2. The third-order valence-corrected chi connectivity index (χ3v) is 5.62. The number of aryl methyl sites for hydroxylation is 1. The molecule has 1 aliphatic heterocycles. The number of anilines is 1.